The molecule has 4 nitrogen and oxygen atoms in total. The summed E-state index contributed by atoms with van der Waals surface area (Å²) >= 11 is 0. The van der Waals surface area contributed by atoms with Gasteiger partial charge in [-0.25, -0.2) is 4.98 Å². The highest BCUT2D eigenvalue weighted by Gasteiger charge is 2.26. The van der Waals surface area contributed by atoms with Crippen LogP contribution in [0.5, 0.6) is 0 Å². The molecule has 2 rings (SSSR count). The number of aryl methyl sites for hydroxylation is 1. The topological polar surface area (TPSA) is 55.9 Å². The van der Waals surface area contributed by atoms with E-state index in [1.165, 1.54) is 0 Å². The molecule has 1 aromatic heterocycles. The van der Waals surface area contributed by atoms with E-state index < -0.39 is 0 Å². The van der Waals surface area contributed by atoms with E-state index in [1.807, 2.05) is 12.4 Å². The number of nitrogens with one attached hydrogen (secondary N) is 1. The van der Waals surface area contributed by atoms with E-state index in [4.69, 9.17) is 5.73 Å². The van der Waals surface area contributed by atoms with E-state index in [0.29, 0.717) is 12.1 Å². The quantitative estimate of drug-likeness (QED) is 0.723. The van der Waals surface area contributed by atoms with E-state index in [-0.39, 0.29) is 0 Å². The van der Waals surface area contributed by atoms with Crippen LogP contribution in [0.15, 0.2) is 12.4 Å². The van der Waals surface area contributed by atoms with Crippen molar-refractivity contribution >= 4 is 5.95 Å². The molecule has 0 spiro atoms. The van der Waals surface area contributed by atoms with Gasteiger partial charge in [0.2, 0.25) is 5.95 Å². The first kappa shape index (κ1) is 8.56. The minimum atomic E-state index is 0.391. The van der Waals surface area contributed by atoms with Gasteiger partial charge in [0.05, 0.1) is 0 Å². The number of rotatable bonds is 3. The molecule has 0 amide bonds. The summed E-state index contributed by atoms with van der Waals surface area (Å²) in [6.45, 7) is 3.07. The fourth-order valence-electron chi connectivity index (χ4n) is 1.67. The van der Waals surface area contributed by atoms with Crippen molar-refractivity contribution in [3.05, 3.63) is 12.4 Å². The third-order valence-corrected chi connectivity index (χ3v) is 2.56. The van der Waals surface area contributed by atoms with Crippen molar-refractivity contribution < 1.29 is 0 Å². The van der Waals surface area contributed by atoms with Crippen LogP contribution >= 0.6 is 0 Å². The maximum absolute atomic E-state index is 5.70. The molecule has 1 aliphatic rings. The predicted molar refractivity (Wildman–Crippen MR) is 52.5 cm³/mol. The number of aromatic nitrogens is 2. The van der Waals surface area contributed by atoms with E-state index in [9.17, 15) is 0 Å². The van der Waals surface area contributed by atoms with E-state index in [2.05, 4.69) is 21.8 Å². The molecule has 0 aliphatic heterocycles. The lowest BCUT2D eigenvalue weighted by molar-refractivity contribution is 0.371. The second-order valence-electron chi connectivity index (χ2n) is 3.61. The number of anilines is 1. The molecule has 1 saturated carbocycles. The molecule has 0 saturated heterocycles. The Labute approximate surface area is 78.1 Å². The van der Waals surface area contributed by atoms with Crippen molar-refractivity contribution in [1.29, 1.82) is 0 Å². The lowest BCUT2D eigenvalue weighted by atomic mass is 9.88. The van der Waals surface area contributed by atoms with E-state index in [0.717, 1.165) is 25.3 Å². The monoisotopic (exact) mass is 180 g/mol. The van der Waals surface area contributed by atoms with Crippen LogP contribution in [0.3, 0.4) is 0 Å². The fourth-order valence-corrected chi connectivity index (χ4v) is 1.67. The van der Waals surface area contributed by atoms with Crippen LogP contribution in [0.25, 0.3) is 0 Å². The largest absolute Gasteiger partial charge is 0.353 e. The molecule has 1 heterocycles. The van der Waals surface area contributed by atoms with Gasteiger partial charge in [-0.05, 0) is 19.8 Å². The van der Waals surface area contributed by atoms with Gasteiger partial charge in [-0.1, -0.05) is 0 Å². The molecular weight excluding hydrogens is 164 g/mol. The molecule has 13 heavy (non-hydrogen) atoms. The highest BCUT2D eigenvalue weighted by molar-refractivity contribution is 5.29. The molecule has 0 aromatic carbocycles. The van der Waals surface area contributed by atoms with Gasteiger partial charge >= 0.3 is 0 Å². The molecule has 1 aromatic rings. The first-order chi connectivity index (χ1) is 6.29. The third-order valence-electron chi connectivity index (χ3n) is 2.56. The van der Waals surface area contributed by atoms with Crippen molar-refractivity contribution in [3.8, 4) is 0 Å². The van der Waals surface area contributed by atoms with Crippen molar-refractivity contribution in [2.75, 3.05) is 5.32 Å². The van der Waals surface area contributed by atoms with Crippen LogP contribution in [-0.4, -0.2) is 21.6 Å². The van der Waals surface area contributed by atoms with E-state index in [1.54, 1.807) is 0 Å². The average Bonchev–Trinajstić information content (AvgIpc) is 2.49. The van der Waals surface area contributed by atoms with E-state index >= 15 is 0 Å². The Hall–Kier alpha value is -1.03. The zero-order chi connectivity index (χ0) is 9.26. The SMILES string of the molecule is CCn1ccnc1NC1CC(N)C1. The van der Waals surface area contributed by atoms with Gasteiger partial charge in [-0.3, -0.25) is 0 Å². The zero-order valence-corrected chi connectivity index (χ0v) is 7.90. The average molecular weight is 180 g/mol. The Bertz CT molecular complexity index is 275. The molecule has 3 N–H and O–H groups in total. The summed E-state index contributed by atoms with van der Waals surface area (Å²) in [6.07, 6.45) is 5.94. The second-order valence-corrected chi connectivity index (χ2v) is 3.61. The van der Waals surface area contributed by atoms with Crippen LogP contribution in [0.4, 0.5) is 5.95 Å². The normalized spacial score (nSPS) is 26.9. The summed E-state index contributed by atoms with van der Waals surface area (Å²) in [5.74, 6) is 0.972. The number of nitrogens with zero attached hydrogens (tertiary/aromatic N) is 2. The smallest absolute Gasteiger partial charge is 0.202 e. The Kier molecular flexibility index (Phi) is 2.22. The Balaban J connectivity index is 1.94. The molecule has 0 radical (unpaired) electrons. The van der Waals surface area contributed by atoms with Gasteiger partial charge in [0.15, 0.2) is 0 Å². The third kappa shape index (κ3) is 1.67. The van der Waals surface area contributed by atoms with Gasteiger partial charge in [-0.2, -0.15) is 0 Å². The summed E-state index contributed by atoms with van der Waals surface area (Å²) in [5.41, 5.74) is 5.70. The lowest BCUT2D eigenvalue weighted by Crippen LogP contribution is -2.44. The molecule has 4 heteroatoms. The molecule has 72 valence electrons. The van der Waals surface area contributed by atoms with Crippen molar-refractivity contribution in [3.63, 3.8) is 0 Å². The fraction of sp³-hybridized carbons (Fsp3) is 0.667. The lowest BCUT2D eigenvalue weighted by Gasteiger charge is -2.33. The first-order valence-corrected chi connectivity index (χ1v) is 4.83. The molecule has 0 atom stereocenters. The number of hydrogen-bond acceptors (Lipinski definition) is 3. The summed E-state index contributed by atoms with van der Waals surface area (Å²) in [6, 6.07) is 0.922. The predicted octanol–water partition coefficient (Wildman–Crippen LogP) is 0.805. The minimum Gasteiger partial charge on any atom is -0.353 e. The van der Waals surface area contributed by atoms with Gasteiger partial charge in [0, 0.05) is 31.0 Å². The van der Waals surface area contributed by atoms with Crippen molar-refractivity contribution in [2.45, 2.75) is 38.4 Å². The molecular formula is C9H16N4. The summed E-state index contributed by atoms with van der Waals surface area (Å²) in [5, 5.41) is 3.38. The molecule has 0 unspecified atom stereocenters. The van der Waals surface area contributed by atoms with Gasteiger partial charge in [-0.15, -0.1) is 0 Å². The molecule has 0 bridgehead atoms. The Morgan fingerprint density at radius 1 is 1.69 bits per heavy atom. The Morgan fingerprint density at radius 2 is 2.46 bits per heavy atom. The first-order valence-electron chi connectivity index (χ1n) is 4.83. The maximum atomic E-state index is 5.70. The highest BCUT2D eigenvalue weighted by Crippen LogP contribution is 2.21. The van der Waals surface area contributed by atoms with Crippen molar-refractivity contribution in [2.24, 2.45) is 5.73 Å². The van der Waals surface area contributed by atoms with Gasteiger partial charge in [0.25, 0.3) is 0 Å². The molecule has 1 aliphatic carbocycles. The number of imidazole rings is 1. The van der Waals surface area contributed by atoms with Gasteiger partial charge < -0.3 is 15.6 Å². The summed E-state index contributed by atoms with van der Waals surface area (Å²) in [4.78, 5) is 4.24. The van der Waals surface area contributed by atoms with Crippen LogP contribution in [-0.2, 0) is 6.54 Å². The highest BCUT2D eigenvalue weighted by atomic mass is 15.2. The van der Waals surface area contributed by atoms with Crippen molar-refractivity contribution in [1.82, 2.24) is 9.55 Å². The second kappa shape index (κ2) is 3.38. The number of hydrogen-bond donors (Lipinski definition) is 2. The Morgan fingerprint density at radius 3 is 3.08 bits per heavy atom. The van der Waals surface area contributed by atoms with Crippen LogP contribution in [0, 0.1) is 0 Å². The van der Waals surface area contributed by atoms with Gasteiger partial charge in [0.1, 0.15) is 0 Å². The zero-order valence-electron chi connectivity index (χ0n) is 7.90. The minimum absolute atomic E-state index is 0.391. The summed E-state index contributed by atoms with van der Waals surface area (Å²) in [7, 11) is 0. The van der Waals surface area contributed by atoms with Crippen LogP contribution < -0.4 is 11.1 Å². The molecule has 1 fully saturated rings. The standard InChI is InChI=1S/C9H16N4/c1-2-13-4-3-11-9(13)12-8-5-7(10)6-8/h3-4,7-8H,2,5-6,10H2,1H3,(H,11,12). The number of nitrogens with two attached hydrogens (primary N) is 1. The van der Waals surface area contributed by atoms with Crippen LogP contribution in [0.2, 0.25) is 0 Å². The summed E-state index contributed by atoms with van der Waals surface area (Å²) < 4.78 is 2.10. The maximum Gasteiger partial charge on any atom is 0.202 e. The van der Waals surface area contributed by atoms with Crippen LogP contribution in [0.1, 0.15) is 19.8 Å².